The molecule has 6 fully saturated rings. The van der Waals surface area contributed by atoms with Gasteiger partial charge < -0.3 is 18.4 Å². The predicted octanol–water partition coefficient (Wildman–Crippen LogP) is 2.61. The van der Waals surface area contributed by atoms with E-state index in [1.807, 2.05) is 30.3 Å². The monoisotopic (exact) mass is 397 g/mol. The average Bonchev–Trinajstić information content (AvgIpc) is 3.38. The van der Waals surface area contributed by atoms with E-state index < -0.39 is 6.69 Å². The van der Waals surface area contributed by atoms with Gasteiger partial charge in [0.25, 0.3) is 0 Å². The lowest BCUT2D eigenvalue weighted by Crippen LogP contribution is -2.69. The van der Waals surface area contributed by atoms with Crippen LogP contribution in [0.4, 0.5) is 0 Å². The molecule has 7 rings (SSSR count). The fourth-order valence-corrected chi connectivity index (χ4v) is 7.25. The van der Waals surface area contributed by atoms with Crippen LogP contribution in [0.3, 0.4) is 0 Å². The first kappa shape index (κ1) is 18.0. The maximum absolute atomic E-state index is 12.5. The molecule has 3 heterocycles. The van der Waals surface area contributed by atoms with Gasteiger partial charge in [-0.3, -0.25) is 9.59 Å². The third-order valence-corrected chi connectivity index (χ3v) is 8.92. The zero-order chi connectivity index (χ0) is 20.0. The molecule has 0 spiro atoms. The van der Waals surface area contributed by atoms with Gasteiger partial charge in [-0.25, -0.2) is 0 Å². The molecule has 1 aromatic carbocycles. The molecule has 3 aliphatic carbocycles. The van der Waals surface area contributed by atoms with Crippen LogP contribution in [0.1, 0.15) is 44.8 Å². The number of nitrogens with zero attached hydrogens (tertiary/aromatic N) is 1. The highest BCUT2D eigenvalue weighted by atomic mass is 16.7. The minimum absolute atomic E-state index is 0.179. The fraction of sp³-hybridized carbons (Fsp3) is 0.636. The quantitative estimate of drug-likeness (QED) is 0.577. The van der Waals surface area contributed by atoms with E-state index in [-0.39, 0.29) is 37.1 Å². The highest BCUT2D eigenvalue weighted by molar-refractivity contribution is 6.68. The number of hydrogen-bond acceptors (Lipinski definition) is 5. The number of benzene rings is 1. The van der Waals surface area contributed by atoms with Gasteiger partial charge in [0, 0.05) is 12.5 Å². The van der Waals surface area contributed by atoms with Gasteiger partial charge in [-0.15, -0.1) is 0 Å². The van der Waals surface area contributed by atoms with Crippen molar-refractivity contribution < 1.29 is 28.0 Å². The normalized spacial score (nSPS) is 46.5. The van der Waals surface area contributed by atoms with Gasteiger partial charge in [0.15, 0.2) is 0 Å². The fourth-order valence-electron chi connectivity index (χ4n) is 7.25. The Kier molecular flexibility index (Phi) is 3.49. The Morgan fingerprint density at radius 2 is 1.76 bits per heavy atom. The number of ether oxygens (including phenoxy) is 1. The smallest absolute Gasteiger partial charge is 0.598 e. The number of epoxide rings is 1. The third-order valence-electron chi connectivity index (χ3n) is 8.92. The van der Waals surface area contributed by atoms with Crippen molar-refractivity contribution in [3.8, 4) is 0 Å². The maximum atomic E-state index is 12.5. The van der Waals surface area contributed by atoms with Crippen molar-refractivity contribution in [1.29, 1.82) is 0 Å². The highest BCUT2D eigenvalue weighted by Crippen LogP contribution is 2.62. The first-order valence-corrected chi connectivity index (χ1v) is 11.0. The molecule has 0 amide bonds. The van der Waals surface area contributed by atoms with Crippen molar-refractivity contribution in [1.82, 2.24) is 0 Å². The number of carbonyl (C=O) groups excluding carboxylic acids is 2. The molecule has 6 aliphatic rings. The van der Waals surface area contributed by atoms with E-state index in [0.717, 1.165) is 18.0 Å². The molecule has 0 aromatic heterocycles. The first-order chi connectivity index (χ1) is 13.8. The Bertz CT molecular complexity index is 864. The summed E-state index contributed by atoms with van der Waals surface area (Å²) in [6.07, 6.45) is 3.50. The van der Waals surface area contributed by atoms with Crippen molar-refractivity contribution in [2.24, 2.45) is 23.2 Å². The van der Waals surface area contributed by atoms with Crippen LogP contribution in [-0.4, -0.2) is 48.7 Å². The summed E-state index contributed by atoms with van der Waals surface area (Å²) in [7, 11) is 0. The molecule has 29 heavy (non-hydrogen) atoms. The SMILES string of the molecule is CC1(C)C2C[C@H]1CCC2C[N+]12CC(=O)O[B-]1(C1OC1c1ccccc1)OC(=O)C2. The van der Waals surface area contributed by atoms with Crippen molar-refractivity contribution in [3.63, 3.8) is 0 Å². The molecule has 154 valence electrons. The van der Waals surface area contributed by atoms with E-state index in [4.69, 9.17) is 14.0 Å². The van der Waals surface area contributed by atoms with Crippen molar-refractivity contribution >= 4 is 18.6 Å². The molecule has 7 heteroatoms. The molecule has 6 nitrogen and oxygen atoms in total. The summed E-state index contributed by atoms with van der Waals surface area (Å²) in [4.78, 5) is 25.1. The standard InChI is InChI=1S/C22H28BNO5/c1-22(2)16-9-8-15(17(22)10-16)11-24-12-18(25)28-23(24,29-19(26)13-24)21-20(27-21)14-6-4-3-5-7-14/h3-7,15-17,20-21H,8-13H2,1-2H3/t15?,16-,17?,20?,21?,23?,24?/m1/s1. The Morgan fingerprint density at radius 1 is 1.07 bits per heavy atom. The molecule has 2 bridgehead atoms. The zero-order valence-corrected chi connectivity index (χ0v) is 17.1. The second kappa shape index (κ2) is 5.64. The average molecular weight is 397 g/mol. The molecule has 1 aromatic rings. The number of rotatable bonds is 4. The molecule has 5 atom stereocenters. The minimum atomic E-state index is -2.17. The van der Waals surface area contributed by atoms with Gasteiger partial charge in [-0.1, -0.05) is 44.2 Å². The lowest BCUT2D eigenvalue weighted by molar-refractivity contribution is -0.821. The summed E-state index contributed by atoms with van der Waals surface area (Å²) in [6, 6.07) is 9.56. The molecule has 0 N–H and O–H groups in total. The van der Waals surface area contributed by atoms with Gasteiger partial charge in [0.05, 0.1) is 6.10 Å². The van der Waals surface area contributed by atoms with Crippen LogP contribution in [0.5, 0.6) is 0 Å². The minimum Gasteiger partial charge on any atom is -0.598 e. The van der Waals surface area contributed by atoms with Gasteiger partial charge in [-0.2, -0.15) is 0 Å². The lowest BCUT2D eigenvalue weighted by Gasteiger charge is -2.61. The van der Waals surface area contributed by atoms with Crippen LogP contribution in [0.2, 0.25) is 0 Å². The summed E-state index contributed by atoms with van der Waals surface area (Å²) in [5, 5.41) is 0. The molecular weight excluding hydrogens is 369 g/mol. The molecular formula is C22H28BNO5. The van der Waals surface area contributed by atoms with Gasteiger partial charge in [0.1, 0.15) is 19.1 Å². The van der Waals surface area contributed by atoms with Gasteiger partial charge in [0.2, 0.25) is 0 Å². The Balaban J connectivity index is 1.33. The van der Waals surface area contributed by atoms with E-state index in [1.165, 1.54) is 19.3 Å². The molecule has 0 radical (unpaired) electrons. The molecule has 3 saturated heterocycles. The van der Waals surface area contributed by atoms with Crippen molar-refractivity contribution in [2.75, 3.05) is 19.6 Å². The summed E-state index contributed by atoms with van der Waals surface area (Å²) in [5.74, 6) is 1.44. The van der Waals surface area contributed by atoms with E-state index in [0.29, 0.717) is 21.6 Å². The van der Waals surface area contributed by atoms with Crippen LogP contribution < -0.4 is 0 Å². The predicted molar refractivity (Wildman–Crippen MR) is 105 cm³/mol. The van der Waals surface area contributed by atoms with Gasteiger partial charge >= 0.3 is 18.6 Å². The van der Waals surface area contributed by atoms with E-state index in [1.54, 1.807) is 0 Å². The van der Waals surface area contributed by atoms with Crippen LogP contribution in [0, 0.1) is 23.2 Å². The number of quaternary nitrogens is 1. The number of carbonyl (C=O) groups is 2. The van der Waals surface area contributed by atoms with Crippen LogP contribution >= 0.6 is 0 Å². The van der Waals surface area contributed by atoms with Gasteiger partial charge in [-0.05, 0) is 42.1 Å². The zero-order valence-electron chi connectivity index (χ0n) is 17.1. The summed E-state index contributed by atoms with van der Waals surface area (Å²) in [5.41, 5.74) is 1.40. The van der Waals surface area contributed by atoms with Crippen molar-refractivity contribution in [3.05, 3.63) is 35.9 Å². The summed E-state index contributed by atoms with van der Waals surface area (Å²) >= 11 is 0. The molecule has 3 saturated carbocycles. The van der Waals surface area contributed by atoms with E-state index >= 15 is 0 Å². The van der Waals surface area contributed by atoms with E-state index in [2.05, 4.69) is 13.8 Å². The molecule has 3 aliphatic heterocycles. The number of fused-ring (bicyclic) bond motifs is 3. The highest BCUT2D eigenvalue weighted by Gasteiger charge is 2.77. The largest absolute Gasteiger partial charge is 0.615 e. The maximum Gasteiger partial charge on any atom is 0.615 e. The van der Waals surface area contributed by atoms with Crippen LogP contribution in [0.15, 0.2) is 30.3 Å². The van der Waals surface area contributed by atoms with Crippen LogP contribution in [-0.2, 0) is 23.6 Å². The molecule has 4 unspecified atom stereocenters. The summed E-state index contributed by atoms with van der Waals surface area (Å²) < 4.78 is 18.1. The van der Waals surface area contributed by atoms with Crippen molar-refractivity contribution in [2.45, 2.75) is 45.2 Å². The first-order valence-electron chi connectivity index (χ1n) is 11.0. The second-order valence-corrected chi connectivity index (χ2v) is 10.6. The third kappa shape index (κ3) is 2.31. The Morgan fingerprint density at radius 3 is 2.38 bits per heavy atom. The Hall–Kier alpha value is -1.86. The lowest BCUT2D eigenvalue weighted by atomic mass is 9.45. The number of hydrogen-bond donors (Lipinski definition) is 0. The second-order valence-electron chi connectivity index (χ2n) is 10.6. The van der Waals surface area contributed by atoms with Crippen LogP contribution in [0.25, 0.3) is 0 Å². The van der Waals surface area contributed by atoms with E-state index in [9.17, 15) is 9.59 Å². The Labute approximate surface area is 171 Å². The topological polar surface area (TPSA) is 65.1 Å². The summed E-state index contributed by atoms with van der Waals surface area (Å²) in [6.45, 7) is 3.81.